The molecule has 1 aromatic carbocycles. The topological polar surface area (TPSA) is 106 Å². The molecule has 2 heterocycles. The number of methoxy groups -OCH3 is 1. The second-order valence-corrected chi connectivity index (χ2v) is 6.06. The summed E-state index contributed by atoms with van der Waals surface area (Å²) in [7, 11) is 1.32. The fourth-order valence-corrected chi connectivity index (χ4v) is 2.88. The van der Waals surface area contributed by atoms with E-state index >= 15 is 0 Å². The lowest BCUT2D eigenvalue weighted by Gasteiger charge is -2.35. The summed E-state index contributed by atoms with van der Waals surface area (Å²) in [4.78, 5) is 41.9. The Morgan fingerprint density at radius 1 is 1.30 bits per heavy atom. The van der Waals surface area contributed by atoms with E-state index in [1.165, 1.54) is 19.4 Å². The lowest BCUT2D eigenvalue weighted by molar-refractivity contribution is -0.385. The lowest BCUT2D eigenvalue weighted by atomic mass is 10.1. The van der Waals surface area contributed by atoms with Crippen LogP contribution in [0.2, 0.25) is 0 Å². The van der Waals surface area contributed by atoms with Gasteiger partial charge in [0.05, 0.1) is 24.1 Å². The number of pyridine rings is 1. The minimum Gasteiger partial charge on any atom is -0.465 e. The average Bonchev–Trinajstić information content (AvgIpc) is 2.69. The van der Waals surface area contributed by atoms with Crippen LogP contribution in [0.3, 0.4) is 0 Å². The average molecular weight is 370 g/mol. The number of rotatable bonds is 5. The van der Waals surface area contributed by atoms with Gasteiger partial charge in [-0.05, 0) is 23.8 Å². The number of aromatic nitrogens is 1. The van der Waals surface area contributed by atoms with Crippen molar-refractivity contribution >= 4 is 23.4 Å². The van der Waals surface area contributed by atoms with E-state index in [1.54, 1.807) is 34.1 Å². The third-order valence-corrected chi connectivity index (χ3v) is 4.31. The van der Waals surface area contributed by atoms with Crippen LogP contribution in [0.15, 0.2) is 42.6 Å². The van der Waals surface area contributed by atoms with Crippen LogP contribution in [-0.2, 0) is 16.1 Å². The molecule has 0 spiro atoms. The number of piperazine rings is 1. The number of esters is 1. The summed E-state index contributed by atoms with van der Waals surface area (Å²) in [6, 6.07) is 9.89. The fraction of sp³-hybridized carbons (Fsp3) is 0.278. The first-order valence-corrected chi connectivity index (χ1v) is 8.28. The van der Waals surface area contributed by atoms with Crippen molar-refractivity contribution in [2.24, 2.45) is 0 Å². The molecule has 1 fully saturated rings. The molecule has 9 nitrogen and oxygen atoms in total. The van der Waals surface area contributed by atoms with Crippen LogP contribution >= 0.6 is 0 Å². The van der Waals surface area contributed by atoms with Gasteiger partial charge in [-0.3, -0.25) is 14.9 Å². The van der Waals surface area contributed by atoms with Crippen molar-refractivity contribution < 1.29 is 19.2 Å². The molecular weight excluding hydrogens is 352 g/mol. The maximum Gasteiger partial charge on any atom is 0.337 e. The van der Waals surface area contributed by atoms with Gasteiger partial charge in [-0.1, -0.05) is 12.1 Å². The summed E-state index contributed by atoms with van der Waals surface area (Å²) in [6.45, 7) is 1.58. The molecule has 2 aromatic rings. The van der Waals surface area contributed by atoms with Crippen LogP contribution in [0.1, 0.15) is 15.9 Å². The monoisotopic (exact) mass is 370 g/mol. The van der Waals surface area contributed by atoms with E-state index in [0.29, 0.717) is 31.0 Å². The molecule has 9 heteroatoms. The maximum absolute atomic E-state index is 12.5. The minimum atomic E-state index is -0.512. The summed E-state index contributed by atoms with van der Waals surface area (Å²) >= 11 is 0. The van der Waals surface area contributed by atoms with Gasteiger partial charge in [0.1, 0.15) is 12.0 Å². The highest BCUT2D eigenvalue weighted by atomic mass is 16.6. The lowest BCUT2D eigenvalue weighted by Crippen LogP contribution is -2.50. The Morgan fingerprint density at radius 3 is 2.74 bits per heavy atom. The normalized spacial score (nSPS) is 14.2. The number of benzene rings is 1. The summed E-state index contributed by atoms with van der Waals surface area (Å²) in [5, 5.41) is 10.7. The van der Waals surface area contributed by atoms with Crippen molar-refractivity contribution in [3.8, 4) is 0 Å². The molecule has 0 saturated carbocycles. The molecule has 27 heavy (non-hydrogen) atoms. The van der Waals surface area contributed by atoms with Gasteiger partial charge in [-0.15, -0.1) is 0 Å². The zero-order valence-corrected chi connectivity index (χ0v) is 14.7. The molecule has 140 valence electrons. The second-order valence-electron chi connectivity index (χ2n) is 6.06. The zero-order valence-electron chi connectivity index (χ0n) is 14.7. The first-order valence-electron chi connectivity index (χ1n) is 8.28. The largest absolute Gasteiger partial charge is 0.465 e. The Morgan fingerprint density at radius 2 is 2.11 bits per heavy atom. The van der Waals surface area contributed by atoms with Gasteiger partial charge in [0.2, 0.25) is 5.91 Å². The number of nitro groups is 1. The molecule has 0 radical (unpaired) electrons. The van der Waals surface area contributed by atoms with Crippen LogP contribution in [0, 0.1) is 10.1 Å². The number of carbonyl (C=O) groups is 2. The van der Waals surface area contributed by atoms with Crippen molar-refractivity contribution in [3.63, 3.8) is 0 Å². The molecule has 0 aliphatic carbocycles. The first-order chi connectivity index (χ1) is 13.0. The summed E-state index contributed by atoms with van der Waals surface area (Å²) < 4.78 is 4.71. The molecule has 0 N–H and O–H groups in total. The van der Waals surface area contributed by atoms with E-state index in [-0.39, 0.29) is 18.1 Å². The zero-order chi connectivity index (χ0) is 19.4. The van der Waals surface area contributed by atoms with E-state index in [9.17, 15) is 19.7 Å². The number of nitrogens with zero attached hydrogens (tertiary/aromatic N) is 4. The third-order valence-electron chi connectivity index (χ3n) is 4.31. The van der Waals surface area contributed by atoms with E-state index in [0.717, 1.165) is 5.56 Å². The number of amides is 1. The number of hydrogen-bond donors (Lipinski definition) is 0. The van der Waals surface area contributed by atoms with Crippen LogP contribution in [0.5, 0.6) is 0 Å². The van der Waals surface area contributed by atoms with Gasteiger partial charge in [-0.2, -0.15) is 0 Å². The van der Waals surface area contributed by atoms with E-state index < -0.39 is 10.9 Å². The second kappa shape index (κ2) is 7.81. The Hall–Kier alpha value is -3.49. The van der Waals surface area contributed by atoms with Crippen LogP contribution in [0.4, 0.5) is 11.5 Å². The van der Waals surface area contributed by atoms with E-state index in [1.807, 2.05) is 6.07 Å². The number of anilines is 1. The highest BCUT2D eigenvalue weighted by Gasteiger charge is 2.25. The highest BCUT2D eigenvalue weighted by molar-refractivity contribution is 5.89. The van der Waals surface area contributed by atoms with Crippen LogP contribution < -0.4 is 4.90 Å². The highest BCUT2D eigenvalue weighted by Crippen LogP contribution is 2.19. The van der Waals surface area contributed by atoms with Crippen LogP contribution in [-0.4, -0.2) is 53.4 Å². The quantitative estimate of drug-likeness (QED) is 0.447. The SMILES string of the molecule is COC(=O)c1cccc(CN2CCN(c3ccc([N+](=O)[O-])cn3)CC2=O)c1. The minimum absolute atomic E-state index is 0.0788. The molecule has 3 rings (SSSR count). The predicted octanol–water partition coefficient (Wildman–Crippen LogP) is 1.63. The number of hydrogen-bond acceptors (Lipinski definition) is 7. The molecular formula is C18H18N4O5. The number of carbonyl (C=O) groups excluding carboxylic acids is 2. The molecule has 1 aliphatic heterocycles. The fourth-order valence-electron chi connectivity index (χ4n) is 2.88. The molecule has 0 bridgehead atoms. The van der Waals surface area contributed by atoms with Crippen molar-refractivity contribution in [1.29, 1.82) is 0 Å². The van der Waals surface area contributed by atoms with Gasteiger partial charge in [0.15, 0.2) is 0 Å². The first kappa shape index (κ1) is 18.3. The van der Waals surface area contributed by atoms with Gasteiger partial charge in [-0.25, -0.2) is 9.78 Å². The molecule has 0 atom stereocenters. The molecule has 1 amide bonds. The van der Waals surface area contributed by atoms with Gasteiger partial charge < -0.3 is 14.5 Å². The van der Waals surface area contributed by atoms with Gasteiger partial charge in [0.25, 0.3) is 5.69 Å². The molecule has 1 aliphatic rings. The van der Waals surface area contributed by atoms with E-state index in [2.05, 4.69) is 4.98 Å². The van der Waals surface area contributed by atoms with E-state index in [4.69, 9.17) is 4.74 Å². The summed E-state index contributed by atoms with van der Waals surface area (Å²) in [5.41, 5.74) is 1.19. The standard InChI is InChI=1S/C18H18N4O5/c1-27-18(24)14-4-2-3-13(9-14)11-21-8-7-20(12-17(21)23)16-6-5-15(10-19-16)22(25)26/h2-6,9-10H,7-8,11-12H2,1H3. The Labute approximate surface area is 155 Å². The molecule has 1 aromatic heterocycles. The summed E-state index contributed by atoms with van der Waals surface area (Å²) in [6.07, 6.45) is 1.19. The molecule has 1 saturated heterocycles. The Kier molecular flexibility index (Phi) is 5.30. The van der Waals surface area contributed by atoms with Crippen LogP contribution in [0.25, 0.3) is 0 Å². The Balaban J connectivity index is 1.64. The van der Waals surface area contributed by atoms with Gasteiger partial charge in [0, 0.05) is 25.7 Å². The summed E-state index contributed by atoms with van der Waals surface area (Å²) in [5.74, 6) is 0.0309. The van der Waals surface area contributed by atoms with Crippen molar-refractivity contribution in [3.05, 3.63) is 63.8 Å². The molecule has 0 unspecified atom stereocenters. The predicted molar refractivity (Wildman–Crippen MR) is 96.3 cm³/mol. The van der Waals surface area contributed by atoms with Crippen molar-refractivity contribution in [2.45, 2.75) is 6.54 Å². The maximum atomic E-state index is 12.5. The third kappa shape index (κ3) is 4.20. The Bertz CT molecular complexity index is 868. The van der Waals surface area contributed by atoms with Gasteiger partial charge >= 0.3 is 5.97 Å². The van der Waals surface area contributed by atoms with Crippen molar-refractivity contribution in [2.75, 3.05) is 31.6 Å². The smallest absolute Gasteiger partial charge is 0.337 e. The van der Waals surface area contributed by atoms with Crippen molar-refractivity contribution in [1.82, 2.24) is 9.88 Å². The number of ether oxygens (including phenoxy) is 1.